The molecule has 0 aliphatic carbocycles. The van der Waals surface area contributed by atoms with Crippen LogP contribution in [-0.4, -0.2) is 25.6 Å². The van der Waals surface area contributed by atoms with Crippen LogP contribution in [0.1, 0.15) is 5.56 Å². The average molecular weight is 348 g/mol. The molecule has 6 nitrogen and oxygen atoms in total. The van der Waals surface area contributed by atoms with E-state index in [0.29, 0.717) is 6.54 Å². The molecule has 0 saturated heterocycles. The molecule has 0 saturated carbocycles. The van der Waals surface area contributed by atoms with Gasteiger partial charge in [-0.3, -0.25) is 4.99 Å². The number of rotatable bonds is 5. The number of benzene rings is 2. The van der Waals surface area contributed by atoms with E-state index in [-0.39, 0.29) is 24.3 Å². The van der Waals surface area contributed by atoms with E-state index in [1.54, 1.807) is 7.11 Å². The maximum Gasteiger partial charge on any atom is 0.218 e. The fourth-order valence-corrected chi connectivity index (χ4v) is 1.95. The minimum Gasteiger partial charge on any atom is -0.497 e. The van der Waals surface area contributed by atoms with Gasteiger partial charge in [0, 0.05) is 12.2 Å². The number of hydrogen-bond donors (Lipinski definition) is 3. The lowest BCUT2D eigenvalue weighted by Gasteiger charge is -2.06. The summed E-state index contributed by atoms with van der Waals surface area (Å²) < 4.78 is 5.09. The molecular formula is C17H22ClN5O. The number of guanidine groups is 2. The number of nitrogens with zero attached hydrogens (tertiary/aromatic N) is 2. The molecule has 128 valence electrons. The Morgan fingerprint density at radius 3 is 2.33 bits per heavy atom. The molecule has 0 fully saturated rings. The summed E-state index contributed by atoms with van der Waals surface area (Å²) >= 11 is 0. The Bertz CT molecular complexity index is 671. The van der Waals surface area contributed by atoms with E-state index < -0.39 is 0 Å². The molecule has 0 amide bonds. The number of methoxy groups -OCH3 is 1. The van der Waals surface area contributed by atoms with Gasteiger partial charge in [0.05, 0.1) is 7.11 Å². The summed E-state index contributed by atoms with van der Waals surface area (Å²) in [6.45, 7) is 0.565. The van der Waals surface area contributed by atoms with Crippen molar-refractivity contribution in [2.24, 2.45) is 21.5 Å². The van der Waals surface area contributed by atoms with Crippen LogP contribution >= 0.6 is 12.4 Å². The van der Waals surface area contributed by atoms with Crippen LogP contribution in [-0.2, 0) is 6.42 Å². The molecule has 0 atom stereocenters. The van der Waals surface area contributed by atoms with E-state index in [2.05, 4.69) is 27.4 Å². The fraction of sp³-hybridized carbons (Fsp3) is 0.176. The maximum absolute atomic E-state index is 5.81. The van der Waals surface area contributed by atoms with Crippen LogP contribution in [0.25, 0.3) is 0 Å². The van der Waals surface area contributed by atoms with Gasteiger partial charge >= 0.3 is 0 Å². The zero-order valence-corrected chi connectivity index (χ0v) is 14.3. The third-order valence-electron chi connectivity index (χ3n) is 3.11. The number of aliphatic imine (C=N–C) groups is 2. The predicted octanol–water partition coefficient (Wildman–Crippen LogP) is 2.40. The van der Waals surface area contributed by atoms with Gasteiger partial charge in [-0.05, 0) is 36.2 Å². The Hall–Kier alpha value is -2.73. The van der Waals surface area contributed by atoms with Gasteiger partial charge in [-0.15, -0.1) is 12.4 Å². The Morgan fingerprint density at radius 1 is 1.04 bits per heavy atom. The van der Waals surface area contributed by atoms with Gasteiger partial charge in [-0.2, -0.15) is 4.99 Å². The predicted molar refractivity (Wildman–Crippen MR) is 102 cm³/mol. The van der Waals surface area contributed by atoms with Crippen molar-refractivity contribution in [2.75, 3.05) is 19.0 Å². The summed E-state index contributed by atoms with van der Waals surface area (Å²) in [5, 5.41) is 2.94. The van der Waals surface area contributed by atoms with Crippen molar-refractivity contribution in [3.8, 4) is 5.75 Å². The van der Waals surface area contributed by atoms with Crippen molar-refractivity contribution in [1.29, 1.82) is 0 Å². The van der Waals surface area contributed by atoms with Crippen molar-refractivity contribution < 1.29 is 4.74 Å². The van der Waals surface area contributed by atoms with E-state index in [1.165, 1.54) is 5.56 Å². The Kier molecular flexibility index (Phi) is 8.15. The van der Waals surface area contributed by atoms with E-state index in [9.17, 15) is 0 Å². The highest BCUT2D eigenvalue weighted by Crippen LogP contribution is 2.14. The summed E-state index contributed by atoms with van der Waals surface area (Å²) in [5.74, 6) is 1.11. The van der Waals surface area contributed by atoms with Gasteiger partial charge in [0.1, 0.15) is 5.75 Å². The number of hydrogen-bond acceptors (Lipinski definition) is 2. The quantitative estimate of drug-likeness (QED) is 0.571. The van der Waals surface area contributed by atoms with Crippen molar-refractivity contribution in [1.82, 2.24) is 0 Å². The third kappa shape index (κ3) is 6.58. The highest BCUT2D eigenvalue weighted by atomic mass is 35.5. The third-order valence-corrected chi connectivity index (χ3v) is 3.11. The van der Waals surface area contributed by atoms with E-state index in [0.717, 1.165) is 17.9 Å². The van der Waals surface area contributed by atoms with Gasteiger partial charge in [-0.1, -0.05) is 30.3 Å². The van der Waals surface area contributed by atoms with E-state index in [1.807, 2.05) is 42.5 Å². The van der Waals surface area contributed by atoms with Crippen molar-refractivity contribution in [3.05, 3.63) is 60.2 Å². The number of halogens is 1. The highest BCUT2D eigenvalue weighted by molar-refractivity contribution is 6.00. The first kappa shape index (κ1) is 19.3. The molecule has 0 bridgehead atoms. The first-order valence-corrected chi connectivity index (χ1v) is 7.26. The molecule has 2 aromatic carbocycles. The van der Waals surface area contributed by atoms with Crippen LogP contribution in [0.5, 0.6) is 5.75 Å². The highest BCUT2D eigenvalue weighted by Gasteiger charge is 1.98. The second-order valence-corrected chi connectivity index (χ2v) is 4.83. The lowest BCUT2D eigenvalue weighted by Crippen LogP contribution is -2.26. The summed E-state index contributed by atoms with van der Waals surface area (Å²) in [6, 6.07) is 17.4. The Morgan fingerprint density at radius 2 is 1.71 bits per heavy atom. The van der Waals surface area contributed by atoms with Gasteiger partial charge in [0.15, 0.2) is 0 Å². The molecule has 2 rings (SSSR count). The minimum atomic E-state index is 0. The molecule has 0 aliphatic rings. The Labute approximate surface area is 148 Å². The maximum atomic E-state index is 5.81. The smallest absolute Gasteiger partial charge is 0.218 e. The zero-order valence-electron chi connectivity index (χ0n) is 13.5. The Balaban J connectivity index is 0.00000288. The van der Waals surface area contributed by atoms with Crippen molar-refractivity contribution >= 4 is 30.0 Å². The van der Waals surface area contributed by atoms with Gasteiger partial charge in [0.25, 0.3) is 0 Å². The number of nitrogens with two attached hydrogens (primary N) is 2. The molecule has 24 heavy (non-hydrogen) atoms. The zero-order chi connectivity index (χ0) is 16.5. The monoisotopic (exact) mass is 347 g/mol. The second-order valence-electron chi connectivity index (χ2n) is 4.83. The molecule has 2 aromatic rings. The van der Waals surface area contributed by atoms with Crippen LogP contribution in [0.2, 0.25) is 0 Å². The normalized spacial score (nSPS) is 11.5. The van der Waals surface area contributed by atoms with Gasteiger partial charge < -0.3 is 21.5 Å². The fourth-order valence-electron chi connectivity index (χ4n) is 1.95. The summed E-state index contributed by atoms with van der Waals surface area (Å²) in [7, 11) is 1.62. The second kappa shape index (κ2) is 10.1. The average Bonchev–Trinajstić information content (AvgIpc) is 2.56. The largest absolute Gasteiger partial charge is 0.497 e. The van der Waals surface area contributed by atoms with Crippen LogP contribution in [0.4, 0.5) is 5.69 Å². The molecule has 0 radical (unpaired) electrons. The lowest BCUT2D eigenvalue weighted by molar-refractivity contribution is 0.415. The first-order valence-electron chi connectivity index (χ1n) is 7.26. The van der Waals surface area contributed by atoms with Gasteiger partial charge in [-0.25, -0.2) is 0 Å². The molecule has 0 aromatic heterocycles. The van der Waals surface area contributed by atoms with E-state index >= 15 is 0 Å². The molecule has 0 unspecified atom stereocenters. The summed E-state index contributed by atoms with van der Waals surface area (Å²) in [5.41, 5.74) is 13.6. The number of ether oxygens (including phenoxy) is 1. The molecule has 0 aliphatic heterocycles. The lowest BCUT2D eigenvalue weighted by atomic mass is 10.2. The molecule has 0 spiro atoms. The van der Waals surface area contributed by atoms with Crippen LogP contribution < -0.4 is 21.5 Å². The molecular weight excluding hydrogens is 326 g/mol. The van der Waals surface area contributed by atoms with Crippen LogP contribution in [0.3, 0.4) is 0 Å². The SMILES string of the molecule is COc1ccc(N/C(N)=N/C(N)=NCCc2ccccc2)cc1.Cl. The van der Waals surface area contributed by atoms with E-state index in [4.69, 9.17) is 16.2 Å². The standard InChI is InChI=1S/C17H21N5O.ClH/c1-23-15-9-7-14(8-10-15)21-17(19)22-16(18)20-12-11-13-5-3-2-4-6-13;/h2-10H,11-12H2,1H3,(H5,18,19,20,21,22);1H. The number of nitrogens with one attached hydrogen (secondary N) is 1. The van der Waals surface area contributed by atoms with Gasteiger partial charge in [0.2, 0.25) is 11.9 Å². The molecule has 7 heteroatoms. The first-order chi connectivity index (χ1) is 11.2. The van der Waals surface area contributed by atoms with Crippen LogP contribution in [0, 0.1) is 0 Å². The summed E-state index contributed by atoms with van der Waals surface area (Å²) in [6.07, 6.45) is 0.808. The molecule has 0 heterocycles. The number of anilines is 1. The topological polar surface area (TPSA) is 98.0 Å². The van der Waals surface area contributed by atoms with Crippen molar-refractivity contribution in [3.63, 3.8) is 0 Å². The molecule has 5 N–H and O–H groups in total. The minimum absolute atomic E-state index is 0. The van der Waals surface area contributed by atoms with Crippen LogP contribution in [0.15, 0.2) is 64.6 Å². The van der Waals surface area contributed by atoms with Crippen molar-refractivity contribution in [2.45, 2.75) is 6.42 Å². The summed E-state index contributed by atoms with van der Waals surface area (Å²) in [4.78, 5) is 8.22.